The fraction of sp³-hybridized carbons (Fsp3) is 0.786. The Morgan fingerprint density at radius 2 is 1.88 bits per heavy atom. The van der Waals surface area contributed by atoms with Crippen molar-refractivity contribution in [3.8, 4) is 0 Å². The molecule has 1 saturated carbocycles. The molecular formula is C28H43F2N5O7S. The van der Waals surface area contributed by atoms with E-state index < -0.39 is 88.6 Å². The number of fused-ring (bicyclic) bond motifs is 2. The van der Waals surface area contributed by atoms with Gasteiger partial charge in [-0.15, -0.1) is 0 Å². The van der Waals surface area contributed by atoms with Crippen LogP contribution in [0.5, 0.6) is 0 Å². The molecule has 242 valence electrons. The largest absolute Gasteiger partial charge is 0.444 e. The lowest BCUT2D eigenvalue weighted by atomic mass is 10.0. The Morgan fingerprint density at radius 1 is 1.16 bits per heavy atom. The first-order chi connectivity index (χ1) is 19.9. The van der Waals surface area contributed by atoms with Crippen LogP contribution in [-0.2, 0) is 29.3 Å². The van der Waals surface area contributed by atoms with Crippen molar-refractivity contribution < 1.29 is 41.1 Å². The Hall–Kier alpha value is -2.81. The standard InChI is InChI=1S/C28H43F2N5O7S/c1-18-14-21-22(36)32-28(24(38)33-43(40,41)34-13-12-27(29,30)17-34)15-19(28)10-8-6-5-7-9-11-20(23(37)35(21)16-18)31-25(39)42-26(2,3)4/h8,10,18-21H,5-7,9,11-17H2,1-4H3,(H,31,39)(H,32,36)(H,33,38)/b10-8-/t18-,19-,20+,21+,28-/m1/s1. The van der Waals surface area contributed by atoms with Crippen molar-refractivity contribution in [1.82, 2.24) is 24.6 Å². The van der Waals surface area contributed by atoms with E-state index in [1.807, 2.05) is 17.7 Å². The molecule has 2 saturated heterocycles. The van der Waals surface area contributed by atoms with Crippen molar-refractivity contribution in [2.45, 2.75) is 108 Å². The van der Waals surface area contributed by atoms with Gasteiger partial charge in [0.15, 0.2) is 0 Å². The molecule has 0 bridgehead atoms. The van der Waals surface area contributed by atoms with Gasteiger partial charge in [0.25, 0.3) is 11.8 Å². The number of hydrogen-bond acceptors (Lipinski definition) is 7. The summed E-state index contributed by atoms with van der Waals surface area (Å²) in [6.07, 6.45) is 5.83. The first-order valence-corrected chi connectivity index (χ1v) is 16.4. The van der Waals surface area contributed by atoms with Crippen molar-refractivity contribution in [3.63, 3.8) is 0 Å². The highest BCUT2D eigenvalue weighted by Gasteiger charge is 2.62. The van der Waals surface area contributed by atoms with Gasteiger partial charge < -0.3 is 20.3 Å². The molecule has 0 unspecified atom stereocenters. The van der Waals surface area contributed by atoms with E-state index in [-0.39, 0.29) is 18.9 Å². The monoisotopic (exact) mass is 631 g/mol. The number of rotatable bonds is 4. The molecule has 3 heterocycles. The van der Waals surface area contributed by atoms with Crippen LogP contribution in [-0.4, -0.2) is 90.2 Å². The van der Waals surface area contributed by atoms with Crippen molar-refractivity contribution in [1.29, 1.82) is 0 Å². The Bertz CT molecular complexity index is 1250. The summed E-state index contributed by atoms with van der Waals surface area (Å²) in [7, 11) is -4.58. The van der Waals surface area contributed by atoms with Crippen LogP contribution >= 0.6 is 0 Å². The second-order valence-corrected chi connectivity index (χ2v) is 14.9. The summed E-state index contributed by atoms with van der Waals surface area (Å²) >= 11 is 0. The molecular weight excluding hydrogens is 588 g/mol. The fourth-order valence-corrected chi connectivity index (χ4v) is 7.20. The number of hydrogen-bond donors (Lipinski definition) is 3. The summed E-state index contributed by atoms with van der Waals surface area (Å²) in [6, 6.07) is -1.88. The van der Waals surface area contributed by atoms with E-state index in [4.69, 9.17) is 4.74 Å². The van der Waals surface area contributed by atoms with Crippen molar-refractivity contribution in [2.75, 3.05) is 19.6 Å². The normalized spacial score (nSPS) is 32.8. The van der Waals surface area contributed by atoms with Crippen LogP contribution in [0, 0.1) is 11.8 Å². The Labute approximate surface area is 251 Å². The van der Waals surface area contributed by atoms with Crippen LogP contribution < -0.4 is 15.4 Å². The molecule has 4 rings (SSSR count). The number of ether oxygens (including phenoxy) is 1. The van der Waals surface area contributed by atoms with Gasteiger partial charge in [0.05, 0.1) is 6.54 Å². The van der Waals surface area contributed by atoms with Crippen LogP contribution in [0.1, 0.15) is 79.1 Å². The third-order valence-electron chi connectivity index (χ3n) is 8.28. The van der Waals surface area contributed by atoms with Gasteiger partial charge in [-0.25, -0.2) is 18.3 Å². The Balaban J connectivity index is 1.56. The van der Waals surface area contributed by atoms with E-state index in [2.05, 4.69) is 10.6 Å². The highest BCUT2D eigenvalue weighted by Crippen LogP contribution is 2.46. The fourth-order valence-electron chi connectivity index (χ4n) is 5.96. The van der Waals surface area contributed by atoms with Crippen LogP contribution in [0.4, 0.5) is 13.6 Å². The zero-order valence-electron chi connectivity index (χ0n) is 25.2. The number of halogens is 2. The van der Waals surface area contributed by atoms with Gasteiger partial charge in [0, 0.05) is 25.4 Å². The molecule has 43 heavy (non-hydrogen) atoms. The molecule has 4 aliphatic rings. The number of nitrogens with zero attached hydrogens (tertiary/aromatic N) is 2. The maximum Gasteiger partial charge on any atom is 0.408 e. The zero-order valence-corrected chi connectivity index (χ0v) is 26.0. The third-order valence-corrected chi connectivity index (χ3v) is 9.71. The lowest BCUT2D eigenvalue weighted by molar-refractivity contribution is -0.141. The summed E-state index contributed by atoms with van der Waals surface area (Å²) in [5.74, 6) is -5.84. The van der Waals surface area contributed by atoms with Crippen molar-refractivity contribution in [3.05, 3.63) is 12.2 Å². The van der Waals surface area contributed by atoms with E-state index >= 15 is 0 Å². The van der Waals surface area contributed by atoms with E-state index in [0.29, 0.717) is 30.0 Å². The van der Waals surface area contributed by atoms with E-state index in [1.165, 1.54) is 4.90 Å². The third kappa shape index (κ3) is 8.02. The molecule has 3 N–H and O–H groups in total. The molecule has 0 spiro atoms. The summed E-state index contributed by atoms with van der Waals surface area (Å²) < 4.78 is 60.9. The quantitative estimate of drug-likeness (QED) is 0.402. The molecule has 5 atom stereocenters. The Kier molecular flexibility index (Phi) is 9.46. The van der Waals surface area contributed by atoms with Crippen molar-refractivity contribution in [2.24, 2.45) is 11.8 Å². The number of alkyl halides is 2. The van der Waals surface area contributed by atoms with E-state index in [1.54, 1.807) is 26.8 Å². The predicted molar refractivity (Wildman–Crippen MR) is 152 cm³/mol. The minimum Gasteiger partial charge on any atom is -0.444 e. The van der Waals surface area contributed by atoms with Gasteiger partial charge in [-0.1, -0.05) is 31.9 Å². The first kappa shape index (κ1) is 33.1. The SMILES string of the molecule is C[C@@H]1C[C@H]2C(=O)N[C@]3(C(=O)NS(=O)(=O)N4CCC(F)(F)C4)C[C@H]3/C=C\CCCCC[C@H](NC(=O)OC(C)(C)C)C(=O)N2C1. The van der Waals surface area contributed by atoms with Gasteiger partial charge in [-0.3, -0.25) is 14.4 Å². The minimum absolute atomic E-state index is 0.0577. The van der Waals surface area contributed by atoms with Gasteiger partial charge in [-0.2, -0.15) is 12.7 Å². The molecule has 0 aromatic carbocycles. The zero-order chi connectivity index (χ0) is 31.8. The molecule has 3 fully saturated rings. The molecule has 4 amide bonds. The highest BCUT2D eigenvalue weighted by atomic mass is 32.2. The van der Waals surface area contributed by atoms with Gasteiger partial charge >= 0.3 is 16.3 Å². The molecule has 12 nitrogen and oxygen atoms in total. The molecule has 1 aliphatic carbocycles. The van der Waals surface area contributed by atoms with Gasteiger partial charge in [0.2, 0.25) is 11.8 Å². The maximum atomic E-state index is 13.8. The number of carbonyl (C=O) groups is 4. The highest BCUT2D eigenvalue weighted by molar-refractivity contribution is 7.87. The predicted octanol–water partition coefficient (Wildman–Crippen LogP) is 2.21. The van der Waals surface area contributed by atoms with Gasteiger partial charge in [0.1, 0.15) is 23.2 Å². The second kappa shape index (κ2) is 12.3. The average Bonchev–Trinajstić information content (AvgIpc) is 3.20. The van der Waals surface area contributed by atoms with Gasteiger partial charge in [-0.05, 0) is 58.8 Å². The lowest BCUT2D eigenvalue weighted by Crippen LogP contribution is -2.59. The average molecular weight is 632 g/mol. The number of allylic oxidation sites excluding steroid dienone is 1. The Morgan fingerprint density at radius 3 is 2.53 bits per heavy atom. The van der Waals surface area contributed by atoms with Crippen LogP contribution in [0.3, 0.4) is 0 Å². The maximum absolute atomic E-state index is 13.8. The lowest BCUT2D eigenvalue weighted by Gasteiger charge is -2.30. The molecule has 0 aromatic heterocycles. The van der Waals surface area contributed by atoms with E-state index in [9.17, 15) is 36.4 Å². The van der Waals surface area contributed by atoms with Crippen LogP contribution in [0.15, 0.2) is 12.2 Å². The molecule has 0 radical (unpaired) electrons. The topological polar surface area (TPSA) is 154 Å². The summed E-state index contributed by atoms with van der Waals surface area (Å²) in [5, 5.41) is 5.40. The summed E-state index contributed by atoms with van der Waals surface area (Å²) in [6.45, 7) is 5.80. The van der Waals surface area contributed by atoms with Crippen molar-refractivity contribution >= 4 is 34.0 Å². The molecule has 0 aromatic rings. The number of alkyl carbamates (subject to hydrolysis) is 1. The van der Waals surface area contributed by atoms with E-state index in [0.717, 1.165) is 12.8 Å². The first-order valence-electron chi connectivity index (χ1n) is 14.9. The smallest absolute Gasteiger partial charge is 0.408 e. The number of nitrogens with one attached hydrogen (secondary N) is 3. The molecule has 3 aliphatic heterocycles. The second-order valence-electron chi connectivity index (χ2n) is 13.3. The van der Waals surface area contributed by atoms with Crippen LogP contribution in [0.2, 0.25) is 0 Å². The van der Waals surface area contributed by atoms with Crippen LogP contribution in [0.25, 0.3) is 0 Å². The summed E-state index contributed by atoms with van der Waals surface area (Å²) in [4.78, 5) is 55.0. The molecule has 15 heteroatoms. The number of amides is 4. The number of carbonyl (C=O) groups excluding carboxylic acids is 4. The summed E-state index contributed by atoms with van der Waals surface area (Å²) in [5.41, 5.74) is -2.39. The minimum atomic E-state index is -4.58.